The van der Waals surface area contributed by atoms with E-state index in [0.717, 1.165) is 11.1 Å². The first-order valence-electron chi connectivity index (χ1n) is 11.3. The molecule has 2 aromatic carbocycles. The standard InChI is InChI=1S/C26H28FN5O2/c1-19-7-2-4-10-22(19)30-26(34)25(33)29-18-24(20-8-6-12-28-17-20)32-15-13-31(14-16-32)23-11-5-3-9-21(23)27/h2-12,17,24H,13-16,18H2,1H3,(H,29,33)(H,30,34)/t24-/m1/s1. The smallest absolute Gasteiger partial charge is 0.313 e. The van der Waals surface area contributed by atoms with Gasteiger partial charge in [0.15, 0.2) is 0 Å². The summed E-state index contributed by atoms with van der Waals surface area (Å²) in [6, 6.07) is 17.7. The van der Waals surface area contributed by atoms with Gasteiger partial charge in [0.2, 0.25) is 0 Å². The lowest BCUT2D eigenvalue weighted by Gasteiger charge is -2.40. The van der Waals surface area contributed by atoms with Crippen molar-refractivity contribution in [3.63, 3.8) is 0 Å². The summed E-state index contributed by atoms with van der Waals surface area (Å²) in [5.41, 5.74) is 3.03. The number of hydrogen-bond donors (Lipinski definition) is 2. The van der Waals surface area contributed by atoms with Crippen LogP contribution in [0.15, 0.2) is 73.1 Å². The Morgan fingerprint density at radius 1 is 0.971 bits per heavy atom. The molecule has 1 aromatic heterocycles. The van der Waals surface area contributed by atoms with Gasteiger partial charge >= 0.3 is 11.8 Å². The second kappa shape index (κ2) is 10.9. The first-order chi connectivity index (χ1) is 16.5. The van der Waals surface area contributed by atoms with E-state index in [0.29, 0.717) is 37.6 Å². The maximum Gasteiger partial charge on any atom is 0.313 e. The van der Waals surface area contributed by atoms with Crippen LogP contribution in [0.25, 0.3) is 0 Å². The Labute approximate surface area is 198 Å². The van der Waals surface area contributed by atoms with Gasteiger partial charge in [-0.1, -0.05) is 36.4 Å². The monoisotopic (exact) mass is 461 g/mol. The molecule has 2 N–H and O–H groups in total. The van der Waals surface area contributed by atoms with Gasteiger partial charge in [-0.2, -0.15) is 0 Å². The molecule has 0 spiro atoms. The van der Waals surface area contributed by atoms with Crippen LogP contribution < -0.4 is 15.5 Å². The molecule has 2 amide bonds. The van der Waals surface area contributed by atoms with Crippen LogP contribution in [-0.4, -0.2) is 54.4 Å². The highest BCUT2D eigenvalue weighted by atomic mass is 19.1. The molecule has 1 aliphatic heterocycles. The highest BCUT2D eigenvalue weighted by Gasteiger charge is 2.27. The molecule has 3 aromatic rings. The number of amides is 2. The first kappa shape index (κ1) is 23.4. The van der Waals surface area contributed by atoms with Crippen LogP contribution in [0.3, 0.4) is 0 Å². The number of rotatable bonds is 6. The second-order valence-electron chi connectivity index (χ2n) is 8.26. The van der Waals surface area contributed by atoms with Crippen molar-refractivity contribution < 1.29 is 14.0 Å². The zero-order valence-electron chi connectivity index (χ0n) is 19.1. The number of nitrogens with one attached hydrogen (secondary N) is 2. The summed E-state index contributed by atoms with van der Waals surface area (Å²) in [6.07, 6.45) is 3.47. The number of carbonyl (C=O) groups is 2. The Bertz CT molecular complexity index is 1130. The van der Waals surface area contributed by atoms with Gasteiger partial charge in [-0.25, -0.2) is 4.39 Å². The number of aryl methyl sites for hydroxylation is 1. The van der Waals surface area contributed by atoms with Crippen LogP contribution >= 0.6 is 0 Å². The third kappa shape index (κ3) is 5.58. The van der Waals surface area contributed by atoms with Crippen LogP contribution in [0.5, 0.6) is 0 Å². The molecule has 0 aliphatic carbocycles. The fraction of sp³-hybridized carbons (Fsp3) is 0.269. The van der Waals surface area contributed by atoms with E-state index < -0.39 is 11.8 Å². The molecule has 2 heterocycles. The molecule has 0 bridgehead atoms. The summed E-state index contributed by atoms with van der Waals surface area (Å²) in [4.78, 5) is 33.5. The van der Waals surface area contributed by atoms with Gasteiger partial charge in [-0.3, -0.25) is 19.5 Å². The van der Waals surface area contributed by atoms with Crippen LogP contribution in [0.1, 0.15) is 17.2 Å². The quantitative estimate of drug-likeness (QED) is 0.552. The van der Waals surface area contributed by atoms with Crippen molar-refractivity contribution >= 4 is 23.2 Å². The van der Waals surface area contributed by atoms with Crippen molar-refractivity contribution in [3.8, 4) is 0 Å². The van der Waals surface area contributed by atoms with Crippen molar-refractivity contribution in [3.05, 3.63) is 90.0 Å². The van der Waals surface area contributed by atoms with Gasteiger partial charge < -0.3 is 15.5 Å². The molecular formula is C26H28FN5O2. The van der Waals surface area contributed by atoms with E-state index >= 15 is 0 Å². The molecule has 1 aliphatic rings. The van der Waals surface area contributed by atoms with Crippen LogP contribution in [0.2, 0.25) is 0 Å². The number of hydrogen-bond acceptors (Lipinski definition) is 5. The predicted molar refractivity (Wildman–Crippen MR) is 130 cm³/mol. The topological polar surface area (TPSA) is 77.6 Å². The van der Waals surface area contributed by atoms with Crippen molar-refractivity contribution in [1.29, 1.82) is 0 Å². The van der Waals surface area contributed by atoms with Gasteiger partial charge in [0.25, 0.3) is 0 Å². The lowest BCUT2D eigenvalue weighted by molar-refractivity contribution is -0.136. The van der Waals surface area contributed by atoms with Crippen LogP contribution in [0, 0.1) is 12.7 Å². The number of benzene rings is 2. The number of carbonyl (C=O) groups excluding carboxylic acids is 2. The molecule has 1 fully saturated rings. The maximum absolute atomic E-state index is 14.2. The fourth-order valence-corrected chi connectivity index (χ4v) is 4.18. The van der Waals surface area contributed by atoms with Gasteiger partial charge in [0, 0.05) is 50.8 Å². The van der Waals surface area contributed by atoms with Crippen molar-refractivity contribution in [2.75, 3.05) is 42.9 Å². The molecule has 176 valence electrons. The molecule has 0 saturated carbocycles. The SMILES string of the molecule is Cc1ccccc1NC(=O)C(=O)NC[C@H](c1cccnc1)N1CCN(c2ccccc2F)CC1. The minimum atomic E-state index is -0.705. The largest absolute Gasteiger partial charge is 0.367 e. The summed E-state index contributed by atoms with van der Waals surface area (Å²) >= 11 is 0. The second-order valence-corrected chi connectivity index (χ2v) is 8.26. The molecule has 0 unspecified atom stereocenters. The van der Waals surface area contributed by atoms with Gasteiger partial charge in [0.05, 0.1) is 11.7 Å². The van der Waals surface area contributed by atoms with E-state index in [4.69, 9.17) is 0 Å². The molecule has 1 saturated heterocycles. The Hall–Kier alpha value is -3.78. The number of pyridine rings is 1. The van der Waals surface area contributed by atoms with E-state index in [1.807, 2.05) is 42.2 Å². The lowest BCUT2D eigenvalue weighted by atomic mass is 10.1. The Balaban J connectivity index is 1.40. The number of nitrogens with zero attached hydrogens (tertiary/aromatic N) is 3. The van der Waals surface area contributed by atoms with Crippen molar-refractivity contribution in [2.45, 2.75) is 13.0 Å². The first-order valence-corrected chi connectivity index (χ1v) is 11.3. The minimum absolute atomic E-state index is 0.160. The molecule has 0 radical (unpaired) electrons. The fourth-order valence-electron chi connectivity index (χ4n) is 4.18. The maximum atomic E-state index is 14.2. The van der Waals surface area contributed by atoms with E-state index in [9.17, 15) is 14.0 Å². The van der Waals surface area contributed by atoms with Gasteiger partial charge in [-0.15, -0.1) is 0 Å². The predicted octanol–water partition coefficient (Wildman–Crippen LogP) is 3.15. The lowest BCUT2D eigenvalue weighted by Crippen LogP contribution is -2.50. The number of halogens is 1. The summed E-state index contributed by atoms with van der Waals surface area (Å²) in [5.74, 6) is -1.63. The third-order valence-corrected chi connectivity index (χ3v) is 6.07. The summed E-state index contributed by atoms with van der Waals surface area (Å²) < 4.78 is 14.2. The van der Waals surface area contributed by atoms with Crippen LogP contribution in [0.4, 0.5) is 15.8 Å². The minimum Gasteiger partial charge on any atom is -0.367 e. The van der Waals surface area contributed by atoms with Gasteiger partial charge in [0.1, 0.15) is 5.82 Å². The number of piperazine rings is 1. The molecule has 8 heteroatoms. The average molecular weight is 462 g/mol. The van der Waals surface area contributed by atoms with E-state index in [-0.39, 0.29) is 18.4 Å². The van der Waals surface area contributed by atoms with Crippen LogP contribution in [-0.2, 0) is 9.59 Å². The number of anilines is 2. The number of para-hydroxylation sites is 2. The molecule has 34 heavy (non-hydrogen) atoms. The number of aromatic nitrogens is 1. The third-order valence-electron chi connectivity index (χ3n) is 6.07. The molecular weight excluding hydrogens is 433 g/mol. The molecule has 7 nitrogen and oxygen atoms in total. The van der Waals surface area contributed by atoms with E-state index in [2.05, 4.69) is 20.5 Å². The Kier molecular flexibility index (Phi) is 7.49. The van der Waals surface area contributed by atoms with Crippen molar-refractivity contribution in [2.24, 2.45) is 0 Å². The summed E-state index contributed by atoms with van der Waals surface area (Å²) in [7, 11) is 0. The zero-order valence-corrected chi connectivity index (χ0v) is 19.1. The van der Waals surface area contributed by atoms with E-state index in [1.54, 1.807) is 36.7 Å². The highest BCUT2D eigenvalue weighted by molar-refractivity contribution is 6.39. The summed E-state index contributed by atoms with van der Waals surface area (Å²) in [5, 5.41) is 5.44. The van der Waals surface area contributed by atoms with Crippen molar-refractivity contribution in [1.82, 2.24) is 15.2 Å². The highest BCUT2D eigenvalue weighted by Crippen LogP contribution is 2.25. The summed E-state index contributed by atoms with van der Waals surface area (Å²) in [6.45, 7) is 4.79. The Morgan fingerprint density at radius 2 is 1.71 bits per heavy atom. The normalized spacial score (nSPS) is 14.9. The average Bonchev–Trinajstić information content (AvgIpc) is 2.87. The van der Waals surface area contributed by atoms with Gasteiger partial charge in [-0.05, 0) is 42.3 Å². The Morgan fingerprint density at radius 3 is 2.41 bits per heavy atom. The molecule has 1 atom stereocenters. The molecule has 4 rings (SSSR count). The zero-order chi connectivity index (χ0) is 23.9. The van der Waals surface area contributed by atoms with E-state index in [1.165, 1.54) is 6.07 Å².